The summed E-state index contributed by atoms with van der Waals surface area (Å²) in [6.45, 7) is 7.53. The van der Waals surface area contributed by atoms with Gasteiger partial charge in [0, 0.05) is 0 Å². The number of esters is 3. The van der Waals surface area contributed by atoms with Crippen LogP contribution in [0.5, 0.6) is 0 Å². The second-order valence-corrected chi connectivity index (χ2v) is 17.1. The van der Waals surface area contributed by atoms with E-state index in [-0.39, 0.29) is 56.3 Å². The highest BCUT2D eigenvalue weighted by Crippen LogP contribution is 2.59. The molecule has 330 valence electrons. The molecule has 0 heterocycles. The van der Waals surface area contributed by atoms with Gasteiger partial charge >= 0.3 is 41.4 Å². The summed E-state index contributed by atoms with van der Waals surface area (Å²) in [7, 11) is -14.3. The summed E-state index contributed by atoms with van der Waals surface area (Å²) in [5, 5.41) is 0. The van der Waals surface area contributed by atoms with Gasteiger partial charge in [-0.05, 0) is 77.9 Å². The van der Waals surface area contributed by atoms with E-state index in [0.29, 0.717) is 0 Å². The van der Waals surface area contributed by atoms with Crippen LogP contribution in [-0.2, 0) is 68.6 Å². The smallest absolute Gasteiger partial charge is 0.453 e. The zero-order valence-corrected chi connectivity index (χ0v) is 36.7. The molecule has 0 N–H and O–H groups in total. The van der Waals surface area contributed by atoms with Gasteiger partial charge in [-0.15, -0.1) is 0 Å². The Kier molecular flexibility index (Phi) is 19.3. The summed E-state index contributed by atoms with van der Waals surface area (Å²) in [6, 6.07) is 22.7. The van der Waals surface area contributed by atoms with E-state index in [1.807, 2.05) is 0 Å². The summed E-state index contributed by atoms with van der Waals surface area (Å²) >= 11 is 0. The number of carbonyl (C=O) groups excluding carboxylic acids is 3. The summed E-state index contributed by atoms with van der Waals surface area (Å²) in [5.74, 6) is -3.15. The highest BCUT2D eigenvalue weighted by atomic mass is 31.2. The minimum absolute atomic E-state index is 0.0117. The molecule has 0 bridgehead atoms. The molecule has 60 heavy (non-hydrogen) atoms. The van der Waals surface area contributed by atoms with Crippen LogP contribution < -0.4 is 0 Å². The van der Waals surface area contributed by atoms with Crippen molar-refractivity contribution in [2.24, 2.45) is 0 Å². The van der Waals surface area contributed by atoms with E-state index in [9.17, 15) is 28.1 Å². The van der Waals surface area contributed by atoms with Gasteiger partial charge in [-0.25, -0.2) is 28.1 Å². The molecule has 1 aliphatic rings. The van der Waals surface area contributed by atoms with E-state index < -0.39 is 78.0 Å². The van der Waals surface area contributed by atoms with Crippen LogP contribution in [-0.4, -0.2) is 94.2 Å². The maximum Gasteiger partial charge on any atom is 0.475 e. The van der Waals surface area contributed by atoms with Gasteiger partial charge in [-0.2, -0.15) is 0 Å². The number of phosphoric ester groups is 3. The first-order valence-electron chi connectivity index (χ1n) is 19.3. The number of benzene rings is 3. The molecule has 18 nitrogen and oxygen atoms in total. The fourth-order valence-corrected chi connectivity index (χ4v) is 9.97. The molecule has 0 spiro atoms. The van der Waals surface area contributed by atoms with Crippen molar-refractivity contribution >= 4 is 41.4 Å². The lowest BCUT2D eigenvalue weighted by molar-refractivity contribution is -0.215. The molecule has 6 atom stereocenters. The summed E-state index contributed by atoms with van der Waals surface area (Å²) in [5.41, 5.74) is -0.0476. The minimum Gasteiger partial charge on any atom is -0.453 e. The molecule has 4 rings (SSSR count). The van der Waals surface area contributed by atoms with Crippen LogP contribution in [0.25, 0.3) is 0 Å². The molecule has 0 radical (unpaired) electrons. The number of carbonyl (C=O) groups is 3. The first-order valence-corrected chi connectivity index (χ1v) is 23.7. The van der Waals surface area contributed by atoms with Crippen LogP contribution >= 0.6 is 23.5 Å². The van der Waals surface area contributed by atoms with E-state index in [1.165, 1.54) is 77.9 Å². The van der Waals surface area contributed by atoms with Gasteiger partial charge in [-0.3, -0.25) is 40.7 Å². The van der Waals surface area contributed by atoms with Crippen molar-refractivity contribution in [2.75, 3.05) is 39.6 Å². The average Bonchev–Trinajstić information content (AvgIpc) is 3.23. The fraction of sp³-hybridized carbons (Fsp3) is 0.462. The molecule has 21 heteroatoms. The largest absolute Gasteiger partial charge is 0.475 e. The zero-order chi connectivity index (χ0) is 43.8. The minimum atomic E-state index is -4.77. The van der Waals surface area contributed by atoms with Crippen molar-refractivity contribution in [2.45, 2.75) is 78.2 Å². The number of phosphoric acid groups is 3. The van der Waals surface area contributed by atoms with Crippen LogP contribution in [0, 0.1) is 0 Å². The molecule has 3 aromatic rings. The molecule has 3 aromatic carbocycles. The molecule has 0 aromatic heterocycles. The molecular formula is C39H51O18P3. The lowest BCUT2D eigenvalue weighted by Gasteiger charge is -2.48. The van der Waals surface area contributed by atoms with Crippen LogP contribution in [0.2, 0.25) is 0 Å². The highest BCUT2D eigenvalue weighted by molar-refractivity contribution is 7.49. The molecule has 0 aliphatic heterocycles. The van der Waals surface area contributed by atoms with E-state index in [2.05, 4.69) is 0 Å². The maximum atomic E-state index is 14.4. The van der Waals surface area contributed by atoms with Crippen LogP contribution in [0.3, 0.4) is 0 Å². The number of rotatable bonds is 24. The Bertz CT molecular complexity index is 1920. The van der Waals surface area contributed by atoms with Crippen LogP contribution in [0.1, 0.15) is 72.6 Å². The summed E-state index contributed by atoms with van der Waals surface area (Å²) in [6.07, 6.45) is -12.4. The van der Waals surface area contributed by atoms with Gasteiger partial charge in [0.15, 0.2) is 18.3 Å². The highest BCUT2D eigenvalue weighted by Gasteiger charge is 2.63. The Hall–Kier alpha value is -3.60. The third-order valence-corrected chi connectivity index (χ3v) is 13.1. The lowest BCUT2D eigenvalue weighted by Crippen LogP contribution is -2.68. The van der Waals surface area contributed by atoms with Gasteiger partial charge in [-0.1, -0.05) is 54.6 Å². The van der Waals surface area contributed by atoms with Crippen molar-refractivity contribution in [1.29, 1.82) is 0 Å². The van der Waals surface area contributed by atoms with Crippen molar-refractivity contribution in [3.05, 3.63) is 108 Å². The molecule has 0 amide bonds. The molecular weight excluding hydrogens is 849 g/mol. The maximum absolute atomic E-state index is 14.4. The second kappa shape index (κ2) is 23.6. The first-order chi connectivity index (χ1) is 28.8. The number of ether oxygens (including phenoxy) is 3. The van der Waals surface area contributed by atoms with E-state index in [1.54, 1.807) is 54.6 Å². The van der Waals surface area contributed by atoms with E-state index in [4.69, 9.17) is 54.9 Å². The Morgan fingerprint density at radius 2 is 0.567 bits per heavy atom. The molecule has 1 aliphatic carbocycles. The third-order valence-electron chi connectivity index (χ3n) is 8.18. The molecule has 0 saturated heterocycles. The Morgan fingerprint density at radius 1 is 0.367 bits per heavy atom. The second-order valence-electron chi connectivity index (χ2n) is 12.3. The third kappa shape index (κ3) is 13.4. The predicted octanol–water partition coefficient (Wildman–Crippen LogP) is 8.38. The van der Waals surface area contributed by atoms with Gasteiger partial charge in [0.1, 0.15) is 18.3 Å². The quantitative estimate of drug-likeness (QED) is 0.0469. The molecule has 1 fully saturated rings. The van der Waals surface area contributed by atoms with Gasteiger partial charge in [0.05, 0.1) is 56.3 Å². The van der Waals surface area contributed by atoms with Crippen LogP contribution in [0.4, 0.5) is 0 Å². The number of hydrogen-bond acceptors (Lipinski definition) is 18. The van der Waals surface area contributed by atoms with Gasteiger partial charge in [0.25, 0.3) is 0 Å². The average molecular weight is 901 g/mol. The lowest BCUT2D eigenvalue weighted by atomic mass is 9.84. The SMILES string of the molecule is CCOP(=O)(OCC)O[C@H]1[C@H](OC(=O)c2ccccc2)[C@H](OC(=O)c2ccccc2)[C@H](OP(=O)(OCC)OCC)[C@@H](OP(=O)(OCC)OCC)[C@@H]1OC(=O)c1ccccc1. The number of hydrogen-bond donors (Lipinski definition) is 0. The topological polar surface area (TPSA) is 213 Å². The van der Waals surface area contributed by atoms with Gasteiger partial charge in [0.2, 0.25) is 0 Å². The van der Waals surface area contributed by atoms with Crippen molar-refractivity contribution in [1.82, 2.24) is 0 Å². The summed E-state index contributed by atoms with van der Waals surface area (Å²) in [4.78, 5) is 42.3. The molecule has 1 saturated carbocycles. The van der Waals surface area contributed by atoms with E-state index in [0.717, 1.165) is 0 Å². The first kappa shape index (κ1) is 49.1. The fourth-order valence-electron chi connectivity index (χ4n) is 5.87. The van der Waals surface area contributed by atoms with Gasteiger partial charge < -0.3 is 14.2 Å². The Labute approximate surface area is 349 Å². The monoisotopic (exact) mass is 900 g/mol. The van der Waals surface area contributed by atoms with Crippen molar-refractivity contribution in [3.8, 4) is 0 Å². The Morgan fingerprint density at radius 3 is 0.783 bits per heavy atom. The molecule has 0 unspecified atom stereocenters. The normalized spacial score (nSPS) is 20.9. The standard InChI is InChI=1S/C39H51O18P3/c1-7-46-58(43,47-8-2)55-34-31(52-37(40)28-22-16-13-17-23-28)32(53-38(41)29-24-18-14-19-25-29)35(56-59(44,48-9-3)49-10-4)36(57-60(45,50-11-5)51-12-6)33(34)54-39(42)30-26-20-15-21-27-30/h13-27,31-36H,7-12H2,1-6H3/t31-,32+,33-,34+,35+,36+/m1/s1. The van der Waals surface area contributed by atoms with Crippen molar-refractivity contribution < 1.29 is 83.0 Å². The summed E-state index contributed by atoms with van der Waals surface area (Å²) < 4.78 is 113. The predicted molar refractivity (Wildman–Crippen MR) is 214 cm³/mol. The zero-order valence-electron chi connectivity index (χ0n) is 34.1. The van der Waals surface area contributed by atoms with E-state index >= 15 is 0 Å². The van der Waals surface area contributed by atoms with Crippen LogP contribution in [0.15, 0.2) is 91.0 Å². The Balaban J connectivity index is 2.11. The van der Waals surface area contributed by atoms with Crippen molar-refractivity contribution in [3.63, 3.8) is 0 Å².